The average molecular weight is 422 g/mol. The van der Waals surface area contributed by atoms with Crippen molar-refractivity contribution in [3.63, 3.8) is 0 Å². The number of aromatic nitrogens is 1. The van der Waals surface area contributed by atoms with E-state index in [1.54, 1.807) is 12.1 Å². The molecule has 0 atom stereocenters. The molecule has 4 aromatic rings. The number of hydrogen-bond donors (Lipinski definition) is 0. The van der Waals surface area contributed by atoms with Gasteiger partial charge in [0, 0.05) is 26.8 Å². The number of carbonyl (C=O) groups is 1. The molecule has 2 aromatic carbocycles. The number of para-hydroxylation sites is 1. The van der Waals surface area contributed by atoms with Crippen LogP contribution in [-0.4, -0.2) is 10.4 Å². The molecule has 4 nitrogen and oxygen atoms in total. The molecule has 0 spiro atoms. The maximum Gasteiger partial charge on any atom is 0.345 e. The van der Waals surface area contributed by atoms with Crippen LogP contribution in [-0.2, 0) is 0 Å². The first kappa shape index (κ1) is 17.5. The molecule has 2 heterocycles. The van der Waals surface area contributed by atoms with Gasteiger partial charge in [0.05, 0.1) is 11.3 Å². The minimum absolute atomic E-state index is 0.0465. The highest BCUT2D eigenvalue weighted by Gasteiger charge is 2.20. The van der Waals surface area contributed by atoms with E-state index in [2.05, 4.69) is 15.9 Å². The predicted octanol–water partition coefficient (Wildman–Crippen LogP) is 5.52. The molecule has 0 unspecified atom stereocenters. The molecule has 4 rings (SSSR count). The Morgan fingerprint density at radius 2 is 1.74 bits per heavy atom. The lowest BCUT2D eigenvalue weighted by Crippen LogP contribution is -2.07. The second-order valence-corrected chi connectivity index (χ2v) is 7.30. The zero-order valence-electron chi connectivity index (χ0n) is 14.8. The molecule has 0 fully saturated rings. The lowest BCUT2D eigenvalue weighted by atomic mass is 10.1. The summed E-state index contributed by atoms with van der Waals surface area (Å²) in [5.74, 6) is -0.0465. The summed E-state index contributed by atoms with van der Waals surface area (Å²) in [5, 5.41) is 0.831. The highest BCUT2D eigenvalue weighted by atomic mass is 79.9. The van der Waals surface area contributed by atoms with Crippen molar-refractivity contribution >= 4 is 32.7 Å². The molecule has 0 aliphatic heterocycles. The van der Waals surface area contributed by atoms with Crippen molar-refractivity contribution in [3.8, 4) is 16.9 Å². The maximum atomic E-state index is 12.7. The highest BCUT2D eigenvalue weighted by molar-refractivity contribution is 9.10. The van der Waals surface area contributed by atoms with E-state index in [9.17, 15) is 9.59 Å². The number of benzene rings is 2. The number of hydrogen-bond acceptors (Lipinski definition) is 3. The van der Waals surface area contributed by atoms with Crippen molar-refractivity contribution in [3.05, 3.63) is 86.8 Å². The number of carbonyl (C=O) groups excluding carboxylic acids is 1. The van der Waals surface area contributed by atoms with E-state index in [1.165, 1.54) is 6.92 Å². The minimum atomic E-state index is -0.431. The van der Waals surface area contributed by atoms with Crippen molar-refractivity contribution < 1.29 is 9.21 Å². The minimum Gasteiger partial charge on any atom is -0.422 e. The fourth-order valence-electron chi connectivity index (χ4n) is 3.32. The van der Waals surface area contributed by atoms with Gasteiger partial charge in [0.2, 0.25) is 0 Å². The molecular weight excluding hydrogens is 406 g/mol. The Bertz CT molecular complexity index is 1230. The first-order valence-corrected chi connectivity index (χ1v) is 9.27. The molecule has 2 aromatic heterocycles. The van der Waals surface area contributed by atoms with Crippen LogP contribution in [0.25, 0.3) is 27.9 Å². The Morgan fingerprint density at radius 3 is 2.44 bits per heavy atom. The van der Waals surface area contributed by atoms with Crippen LogP contribution in [0.1, 0.15) is 23.0 Å². The molecule has 5 heteroatoms. The highest BCUT2D eigenvalue weighted by Crippen LogP contribution is 2.30. The molecule has 0 saturated carbocycles. The first-order chi connectivity index (χ1) is 13.0. The number of ketones is 1. The van der Waals surface area contributed by atoms with E-state index < -0.39 is 5.63 Å². The van der Waals surface area contributed by atoms with Gasteiger partial charge in [0.1, 0.15) is 5.58 Å². The van der Waals surface area contributed by atoms with Gasteiger partial charge in [-0.05, 0) is 56.3 Å². The Balaban J connectivity index is 2.04. The monoisotopic (exact) mass is 421 g/mol. The zero-order valence-corrected chi connectivity index (χ0v) is 16.4. The number of nitrogens with zero attached hydrogens (tertiary/aromatic N) is 1. The summed E-state index contributed by atoms with van der Waals surface area (Å²) in [4.78, 5) is 24.8. The number of rotatable bonds is 3. The van der Waals surface area contributed by atoms with E-state index in [4.69, 9.17) is 4.42 Å². The molecule has 0 saturated heterocycles. The molecular formula is C22H16BrNO3. The Hall–Kier alpha value is -2.92. The third kappa shape index (κ3) is 3.04. The molecule has 0 aliphatic carbocycles. The topological polar surface area (TPSA) is 52.2 Å². The largest absolute Gasteiger partial charge is 0.422 e. The predicted molar refractivity (Wildman–Crippen MR) is 110 cm³/mol. The summed E-state index contributed by atoms with van der Waals surface area (Å²) in [6.45, 7) is 3.41. The van der Waals surface area contributed by atoms with E-state index >= 15 is 0 Å². The Kier molecular flexibility index (Phi) is 4.32. The molecule has 0 amide bonds. The van der Waals surface area contributed by atoms with E-state index in [1.807, 2.05) is 60.0 Å². The Labute approximate surface area is 164 Å². The molecule has 0 bridgehead atoms. The average Bonchev–Trinajstić information content (AvgIpc) is 2.99. The normalized spacial score (nSPS) is 11.1. The van der Waals surface area contributed by atoms with Crippen LogP contribution in [0, 0.1) is 6.92 Å². The zero-order chi connectivity index (χ0) is 19.1. The van der Waals surface area contributed by atoms with Crippen LogP contribution < -0.4 is 5.63 Å². The number of halogens is 1. The van der Waals surface area contributed by atoms with Crippen LogP contribution >= 0.6 is 15.9 Å². The van der Waals surface area contributed by atoms with Gasteiger partial charge < -0.3 is 8.98 Å². The fraction of sp³-hybridized carbons (Fsp3) is 0.0909. The lowest BCUT2D eigenvalue weighted by Gasteiger charge is -2.12. The van der Waals surface area contributed by atoms with Gasteiger partial charge in [0.15, 0.2) is 5.78 Å². The third-order valence-corrected chi connectivity index (χ3v) is 5.16. The summed E-state index contributed by atoms with van der Waals surface area (Å²) in [7, 11) is 0. The van der Waals surface area contributed by atoms with E-state index in [0.717, 1.165) is 21.2 Å². The molecule has 0 N–H and O–H groups in total. The van der Waals surface area contributed by atoms with Crippen LogP contribution in [0.4, 0.5) is 0 Å². The summed E-state index contributed by atoms with van der Waals surface area (Å²) in [5.41, 5.74) is 3.40. The number of Topliss-reactive ketones (excluding diaryl/α,β-unsaturated/α-hetero) is 1. The van der Waals surface area contributed by atoms with Gasteiger partial charge in [-0.1, -0.05) is 34.1 Å². The van der Waals surface area contributed by atoms with Gasteiger partial charge in [-0.2, -0.15) is 0 Å². The molecule has 27 heavy (non-hydrogen) atoms. The van der Waals surface area contributed by atoms with E-state index in [0.29, 0.717) is 22.4 Å². The van der Waals surface area contributed by atoms with Crippen molar-refractivity contribution in [2.75, 3.05) is 0 Å². The fourth-order valence-corrected chi connectivity index (χ4v) is 3.59. The molecule has 0 aliphatic rings. The van der Waals surface area contributed by atoms with Gasteiger partial charge in [-0.25, -0.2) is 4.79 Å². The first-order valence-electron chi connectivity index (χ1n) is 8.48. The standard InChI is InChI=1S/C22H16BrNO3/c1-13-18(14(2)25)12-20(24(13)17-9-7-16(23)8-10-17)19-11-15-5-3-4-6-21(15)27-22(19)26/h3-12H,1-2H3. The summed E-state index contributed by atoms with van der Waals surface area (Å²) < 4.78 is 8.38. The molecule has 0 radical (unpaired) electrons. The van der Waals surface area contributed by atoms with E-state index in [-0.39, 0.29) is 5.78 Å². The van der Waals surface area contributed by atoms with Crippen molar-refractivity contribution in [1.82, 2.24) is 4.57 Å². The second-order valence-electron chi connectivity index (χ2n) is 6.38. The summed E-state index contributed by atoms with van der Waals surface area (Å²) in [6.07, 6.45) is 0. The van der Waals surface area contributed by atoms with Gasteiger partial charge in [-0.15, -0.1) is 0 Å². The maximum absolute atomic E-state index is 12.7. The quantitative estimate of drug-likeness (QED) is 0.323. The molecule has 134 valence electrons. The van der Waals surface area contributed by atoms with Gasteiger partial charge >= 0.3 is 5.63 Å². The van der Waals surface area contributed by atoms with Gasteiger partial charge in [0.25, 0.3) is 0 Å². The second kappa shape index (κ2) is 6.67. The smallest absolute Gasteiger partial charge is 0.345 e. The Morgan fingerprint density at radius 1 is 1.04 bits per heavy atom. The van der Waals surface area contributed by atoms with Crippen LogP contribution in [0.5, 0.6) is 0 Å². The van der Waals surface area contributed by atoms with Crippen molar-refractivity contribution in [1.29, 1.82) is 0 Å². The van der Waals surface area contributed by atoms with Crippen LogP contribution in [0.15, 0.2) is 74.3 Å². The number of fused-ring (bicyclic) bond motifs is 1. The van der Waals surface area contributed by atoms with Crippen molar-refractivity contribution in [2.24, 2.45) is 0 Å². The van der Waals surface area contributed by atoms with Crippen molar-refractivity contribution in [2.45, 2.75) is 13.8 Å². The lowest BCUT2D eigenvalue weighted by molar-refractivity contribution is 0.101. The SMILES string of the molecule is CC(=O)c1cc(-c2cc3ccccc3oc2=O)n(-c2ccc(Br)cc2)c1C. The van der Waals surface area contributed by atoms with Crippen LogP contribution in [0.2, 0.25) is 0 Å². The van der Waals surface area contributed by atoms with Crippen LogP contribution in [0.3, 0.4) is 0 Å². The summed E-state index contributed by atoms with van der Waals surface area (Å²) in [6, 6.07) is 18.7. The third-order valence-electron chi connectivity index (χ3n) is 4.63. The summed E-state index contributed by atoms with van der Waals surface area (Å²) >= 11 is 3.44. The van der Waals surface area contributed by atoms with Gasteiger partial charge in [-0.3, -0.25) is 4.79 Å².